The Morgan fingerprint density at radius 3 is 2.78 bits per heavy atom. The van der Waals surface area contributed by atoms with Gasteiger partial charge >= 0.3 is 0 Å². The Labute approximate surface area is 167 Å². The van der Waals surface area contributed by atoms with Gasteiger partial charge in [0.25, 0.3) is 5.91 Å². The van der Waals surface area contributed by atoms with Gasteiger partial charge in [0.1, 0.15) is 16.1 Å². The molecule has 0 spiro atoms. The molecule has 10 heteroatoms. The van der Waals surface area contributed by atoms with E-state index in [0.717, 1.165) is 11.8 Å². The van der Waals surface area contributed by atoms with Gasteiger partial charge in [-0.25, -0.2) is 8.42 Å². The molecule has 2 aliphatic rings. The Hall–Kier alpha value is -1.65. The molecule has 2 aliphatic heterocycles. The summed E-state index contributed by atoms with van der Waals surface area (Å²) in [7, 11) is -3.11. The van der Waals surface area contributed by atoms with E-state index in [9.17, 15) is 18.0 Å². The molecule has 1 N–H and O–H groups in total. The van der Waals surface area contributed by atoms with Crippen molar-refractivity contribution in [2.75, 3.05) is 11.5 Å². The number of furan rings is 1. The molecule has 0 radical (unpaired) electrons. The molecule has 0 bridgehead atoms. The number of nitrogens with zero attached hydrogens (tertiary/aromatic N) is 1. The van der Waals surface area contributed by atoms with E-state index in [2.05, 4.69) is 5.32 Å². The summed E-state index contributed by atoms with van der Waals surface area (Å²) in [6, 6.07) is 2.20. The Balaban J connectivity index is 1.79. The molecule has 2 amide bonds. The van der Waals surface area contributed by atoms with E-state index >= 15 is 0 Å². The van der Waals surface area contributed by atoms with Gasteiger partial charge < -0.3 is 9.73 Å². The van der Waals surface area contributed by atoms with E-state index in [0.29, 0.717) is 21.4 Å². The first-order valence-electron chi connectivity index (χ1n) is 8.49. The van der Waals surface area contributed by atoms with E-state index in [-0.39, 0.29) is 29.2 Å². The molecule has 0 saturated carbocycles. The third kappa shape index (κ3) is 4.44. The van der Waals surface area contributed by atoms with Crippen molar-refractivity contribution < 1.29 is 22.4 Å². The Kier molecular flexibility index (Phi) is 5.78. The van der Waals surface area contributed by atoms with E-state index in [1.54, 1.807) is 18.2 Å². The first-order valence-corrected chi connectivity index (χ1v) is 11.5. The molecule has 2 saturated heterocycles. The molecule has 0 aromatic carbocycles. The Morgan fingerprint density at radius 1 is 1.48 bits per heavy atom. The van der Waals surface area contributed by atoms with Crippen LogP contribution in [0.2, 0.25) is 0 Å². The summed E-state index contributed by atoms with van der Waals surface area (Å²) in [4.78, 5) is 27.4. The summed E-state index contributed by atoms with van der Waals surface area (Å²) in [6.07, 6.45) is 3.49. The van der Waals surface area contributed by atoms with E-state index in [4.69, 9.17) is 16.6 Å². The van der Waals surface area contributed by atoms with Gasteiger partial charge in [-0.2, -0.15) is 0 Å². The van der Waals surface area contributed by atoms with Gasteiger partial charge in [0.15, 0.2) is 9.84 Å². The minimum Gasteiger partial charge on any atom is -0.465 e. The van der Waals surface area contributed by atoms with Crippen molar-refractivity contribution in [3.63, 3.8) is 0 Å². The van der Waals surface area contributed by atoms with Crippen LogP contribution >= 0.6 is 24.0 Å². The number of hydrogen-bond donors (Lipinski definition) is 1. The van der Waals surface area contributed by atoms with Crippen molar-refractivity contribution in [2.24, 2.45) is 5.92 Å². The molecule has 0 unspecified atom stereocenters. The predicted molar refractivity (Wildman–Crippen MR) is 108 cm³/mol. The summed E-state index contributed by atoms with van der Waals surface area (Å²) in [5.74, 6) is -0.417. The first kappa shape index (κ1) is 20.1. The second-order valence-corrected chi connectivity index (χ2v) is 10.8. The third-order valence-corrected chi connectivity index (χ3v) is 7.50. The molecule has 27 heavy (non-hydrogen) atoms. The largest absolute Gasteiger partial charge is 0.465 e. The highest BCUT2D eigenvalue weighted by atomic mass is 32.2. The number of nitrogens with one attached hydrogen (secondary N) is 1. The normalized spacial score (nSPS) is 24.8. The number of carbonyl (C=O) groups excluding carboxylic acids is 2. The Bertz CT molecular complexity index is 890. The molecule has 3 heterocycles. The molecule has 3 rings (SSSR count). The Morgan fingerprint density at radius 2 is 2.22 bits per heavy atom. The number of rotatable bonds is 5. The van der Waals surface area contributed by atoms with Crippen molar-refractivity contribution in [1.29, 1.82) is 0 Å². The minimum atomic E-state index is -3.11. The average Bonchev–Trinajstić information content (AvgIpc) is 3.25. The minimum absolute atomic E-state index is 0.0667. The van der Waals surface area contributed by atoms with Gasteiger partial charge in [0, 0.05) is 12.1 Å². The zero-order valence-electron chi connectivity index (χ0n) is 14.9. The zero-order chi connectivity index (χ0) is 19.8. The number of carbonyl (C=O) groups is 2. The lowest BCUT2D eigenvalue weighted by atomic mass is 10.0. The van der Waals surface area contributed by atoms with Gasteiger partial charge in [0.2, 0.25) is 5.91 Å². The summed E-state index contributed by atoms with van der Waals surface area (Å²) >= 11 is 6.46. The molecule has 1 aromatic heterocycles. The molecule has 7 nitrogen and oxygen atoms in total. The lowest BCUT2D eigenvalue weighted by Gasteiger charge is -2.29. The van der Waals surface area contributed by atoms with Crippen molar-refractivity contribution in [3.05, 3.63) is 29.1 Å². The number of thioether (sulfide) groups is 1. The predicted octanol–water partition coefficient (Wildman–Crippen LogP) is 1.81. The topological polar surface area (TPSA) is 96.7 Å². The van der Waals surface area contributed by atoms with E-state index in [1.165, 1.54) is 11.2 Å². The quantitative estimate of drug-likeness (QED) is 0.564. The molecular weight excluding hydrogens is 408 g/mol. The number of thiocarbonyl (C=S) groups is 1. The highest BCUT2D eigenvalue weighted by Crippen LogP contribution is 2.35. The van der Waals surface area contributed by atoms with Gasteiger partial charge in [-0.1, -0.05) is 37.8 Å². The van der Waals surface area contributed by atoms with Crippen molar-refractivity contribution in [2.45, 2.75) is 32.4 Å². The molecule has 0 aliphatic carbocycles. The maximum Gasteiger partial charge on any atom is 0.267 e. The highest BCUT2D eigenvalue weighted by molar-refractivity contribution is 8.26. The van der Waals surface area contributed by atoms with Crippen molar-refractivity contribution in [3.8, 4) is 0 Å². The molecule has 146 valence electrons. The summed E-state index contributed by atoms with van der Waals surface area (Å²) in [5, 5.41) is 2.78. The van der Waals surface area contributed by atoms with Crippen LogP contribution in [-0.2, 0) is 19.4 Å². The second kappa shape index (κ2) is 7.76. The first-order chi connectivity index (χ1) is 12.7. The fourth-order valence-corrected chi connectivity index (χ4v) is 6.12. The fraction of sp³-hybridized carbons (Fsp3) is 0.471. The van der Waals surface area contributed by atoms with Gasteiger partial charge in [-0.3, -0.25) is 14.5 Å². The van der Waals surface area contributed by atoms with Crippen LogP contribution < -0.4 is 5.32 Å². The monoisotopic (exact) mass is 428 g/mol. The van der Waals surface area contributed by atoms with Crippen LogP contribution in [0.4, 0.5) is 0 Å². The van der Waals surface area contributed by atoms with Gasteiger partial charge in [0.05, 0.1) is 22.7 Å². The SMILES string of the molecule is CC(C)[C@@H](C(=O)N[C@@H]1CCS(=O)(=O)C1)N1C(=O)/C(=C/c2ccco2)SC1=S. The van der Waals surface area contributed by atoms with Crippen LogP contribution in [0.5, 0.6) is 0 Å². The molecule has 1 aromatic rings. The summed E-state index contributed by atoms with van der Waals surface area (Å²) < 4.78 is 28.8. The summed E-state index contributed by atoms with van der Waals surface area (Å²) in [6.45, 7) is 3.65. The number of amides is 2. The van der Waals surface area contributed by atoms with Crippen LogP contribution in [-0.4, -0.2) is 53.0 Å². The smallest absolute Gasteiger partial charge is 0.267 e. The lowest BCUT2D eigenvalue weighted by Crippen LogP contribution is -2.53. The van der Waals surface area contributed by atoms with E-state index in [1.807, 2.05) is 13.8 Å². The standard InChI is InChI=1S/C17H20N2O5S3/c1-10(2)14(15(20)18-11-5-7-27(22,23)9-11)19-16(21)13(26-17(19)25)8-12-4-3-6-24-12/h3-4,6,8,10-11,14H,5,7,9H2,1-2H3,(H,18,20)/b13-8-/t11-,14+/m1/s1. The van der Waals surface area contributed by atoms with Crippen LogP contribution in [0.1, 0.15) is 26.0 Å². The van der Waals surface area contributed by atoms with Crippen LogP contribution in [0, 0.1) is 5.92 Å². The number of sulfone groups is 1. The molecule has 2 atom stereocenters. The molecule has 2 fully saturated rings. The maximum absolute atomic E-state index is 12.9. The second-order valence-electron chi connectivity index (χ2n) is 6.86. The zero-order valence-corrected chi connectivity index (χ0v) is 17.3. The third-order valence-electron chi connectivity index (χ3n) is 4.40. The van der Waals surface area contributed by atoms with Crippen LogP contribution in [0.3, 0.4) is 0 Å². The van der Waals surface area contributed by atoms with Gasteiger partial charge in [-0.05, 0) is 24.5 Å². The average molecular weight is 429 g/mol. The van der Waals surface area contributed by atoms with Gasteiger partial charge in [-0.15, -0.1) is 0 Å². The van der Waals surface area contributed by atoms with E-state index < -0.39 is 21.9 Å². The maximum atomic E-state index is 12.9. The highest BCUT2D eigenvalue weighted by Gasteiger charge is 2.43. The molecular formula is C17H20N2O5S3. The fourth-order valence-electron chi connectivity index (χ4n) is 3.14. The number of hydrogen-bond acceptors (Lipinski definition) is 7. The lowest BCUT2D eigenvalue weighted by molar-refractivity contribution is -0.134. The van der Waals surface area contributed by atoms with Crippen LogP contribution in [0.25, 0.3) is 6.08 Å². The van der Waals surface area contributed by atoms with Crippen molar-refractivity contribution >= 4 is 56.0 Å². The van der Waals surface area contributed by atoms with Crippen molar-refractivity contribution in [1.82, 2.24) is 10.2 Å². The van der Waals surface area contributed by atoms with Crippen LogP contribution in [0.15, 0.2) is 27.7 Å². The summed E-state index contributed by atoms with van der Waals surface area (Å²) in [5.41, 5.74) is 0.